The molecule has 0 aromatic carbocycles. The third-order valence-electron chi connectivity index (χ3n) is 3.59. The molecule has 0 fully saturated rings. The van der Waals surface area contributed by atoms with Crippen LogP contribution < -0.4 is 0 Å². The molecule has 0 aliphatic rings. The van der Waals surface area contributed by atoms with Crippen LogP contribution in [0.5, 0.6) is 0 Å². The Morgan fingerprint density at radius 1 is 0.905 bits per heavy atom. The second-order valence-electron chi connectivity index (χ2n) is 5.43. The number of hydrogen-bond donors (Lipinski definition) is 0. The van der Waals surface area contributed by atoms with E-state index >= 15 is 0 Å². The topological polar surface area (TPSA) is 64.0 Å². The van der Waals surface area contributed by atoms with Crippen LogP contribution in [-0.2, 0) is 14.9 Å². The molecule has 0 amide bonds. The molecule has 0 saturated carbocycles. The lowest BCUT2D eigenvalue weighted by Crippen LogP contribution is -2.27. The van der Waals surface area contributed by atoms with Gasteiger partial charge in [0.15, 0.2) is 0 Å². The smallest absolute Gasteiger partial charge is 0.299 e. The van der Waals surface area contributed by atoms with E-state index < -0.39 is 20.4 Å². The molecule has 128 valence electrons. The lowest BCUT2D eigenvalue weighted by atomic mass is 10.2. The normalized spacial score (nSPS) is 13.3. The highest BCUT2D eigenvalue weighted by atomic mass is 32.3. The average Bonchev–Trinajstić information content (AvgIpc) is 2.44. The summed E-state index contributed by atoms with van der Waals surface area (Å²) in [5.74, 6) is 1.98. The molecule has 0 unspecified atom stereocenters. The molecule has 4 nitrogen and oxygen atoms in total. The van der Waals surface area contributed by atoms with Crippen LogP contribution in [0, 0.1) is 0 Å². The van der Waals surface area contributed by atoms with E-state index in [2.05, 4.69) is 10.6 Å². The highest BCUT2D eigenvalue weighted by molar-refractivity contribution is 8.32. The van der Waals surface area contributed by atoms with Crippen molar-refractivity contribution in [3.8, 4) is 0 Å². The standard InChI is InChI=1S/C15H32O4S2/c1-5-9-11-12-15(16)14-20(7-3,8-4)19-21(17,18)13-10-6-2/h5-14H2,1-4H3/p+1. The second-order valence-corrected chi connectivity index (χ2v) is 11.0. The van der Waals surface area contributed by atoms with Crippen LogP contribution in [0.2, 0.25) is 0 Å². The number of ketones is 1. The Kier molecular flexibility index (Phi) is 10.6. The van der Waals surface area contributed by atoms with E-state index in [4.69, 9.17) is 0 Å². The number of unbranched alkanes of at least 4 members (excludes halogenated alkanes) is 3. The second kappa shape index (κ2) is 10.6. The van der Waals surface area contributed by atoms with Gasteiger partial charge in [-0.15, -0.1) is 0 Å². The quantitative estimate of drug-likeness (QED) is 0.287. The Bertz CT molecular complexity index is 386. The Balaban J connectivity index is 4.72. The van der Waals surface area contributed by atoms with Crippen LogP contribution >= 0.6 is 10.3 Å². The van der Waals surface area contributed by atoms with Crippen LogP contribution in [0.3, 0.4) is 0 Å². The summed E-state index contributed by atoms with van der Waals surface area (Å²) in [5, 5.41) is 0. The van der Waals surface area contributed by atoms with Gasteiger partial charge in [0.1, 0.15) is 11.5 Å². The van der Waals surface area contributed by atoms with Crippen LogP contribution in [0.4, 0.5) is 0 Å². The summed E-state index contributed by atoms with van der Waals surface area (Å²) in [7, 11) is -5.10. The Morgan fingerprint density at radius 2 is 1.48 bits per heavy atom. The van der Waals surface area contributed by atoms with E-state index in [0.717, 1.165) is 25.7 Å². The molecule has 0 spiro atoms. The van der Waals surface area contributed by atoms with E-state index in [1.807, 2.05) is 20.8 Å². The average molecular weight is 342 g/mol. The Morgan fingerprint density at radius 3 is 1.95 bits per heavy atom. The van der Waals surface area contributed by atoms with Gasteiger partial charge in [-0.25, -0.2) is 0 Å². The van der Waals surface area contributed by atoms with Gasteiger partial charge in [0.2, 0.25) is 0 Å². The van der Waals surface area contributed by atoms with E-state index in [0.29, 0.717) is 30.1 Å². The number of Topliss-reactive ketones (excluding diaryl/α,β-unsaturated/α-hetero) is 1. The first kappa shape index (κ1) is 20.9. The summed E-state index contributed by atoms with van der Waals surface area (Å²) in [6.07, 6.45) is 5.08. The van der Waals surface area contributed by atoms with E-state index in [-0.39, 0.29) is 11.5 Å². The van der Waals surface area contributed by atoms with Gasteiger partial charge in [0.25, 0.3) is 0 Å². The fourth-order valence-corrected chi connectivity index (χ4v) is 7.58. The highest BCUT2D eigenvalue weighted by Gasteiger charge is 2.35. The predicted octanol–water partition coefficient (Wildman–Crippen LogP) is 4.12. The summed E-state index contributed by atoms with van der Waals surface area (Å²) in [6.45, 7) is 7.98. The summed E-state index contributed by atoms with van der Waals surface area (Å²) in [5.41, 5.74) is 0. The maximum absolute atomic E-state index is 12.1. The number of carbonyl (C=O) groups is 1. The maximum Gasteiger partial charge on any atom is 0.390 e. The summed E-state index contributed by atoms with van der Waals surface area (Å²) >= 11 is 0. The van der Waals surface area contributed by atoms with Crippen molar-refractivity contribution in [3.63, 3.8) is 0 Å². The van der Waals surface area contributed by atoms with Crippen molar-refractivity contribution in [2.75, 3.05) is 23.0 Å². The zero-order chi connectivity index (χ0) is 16.4. The fraction of sp³-hybridized carbons (Fsp3) is 0.933. The van der Waals surface area contributed by atoms with Gasteiger partial charge in [-0.2, -0.15) is 8.42 Å². The molecule has 0 rings (SSSR count). The number of carbonyl (C=O) groups excluding carboxylic acids is 1. The van der Waals surface area contributed by atoms with Gasteiger partial charge in [0, 0.05) is 17.9 Å². The number of rotatable bonds is 13. The van der Waals surface area contributed by atoms with Crippen molar-refractivity contribution in [2.24, 2.45) is 0 Å². The van der Waals surface area contributed by atoms with Gasteiger partial charge in [-0.3, -0.25) is 8.42 Å². The molecule has 0 aromatic rings. The zero-order valence-corrected chi connectivity index (χ0v) is 15.7. The first-order valence-corrected chi connectivity index (χ1v) is 11.8. The Hall–Kier alpha value is -0.0700. The molecule has 21 heavy (non-hydrogen) atoms. The summed E-state index contributed by atoms with van der Waals surface area (Å²) < 4.78 is 28.4. The van der Waals surface area contributed by atoms with Gasteiger partial charge in [-0.1, -0.05) is 47.0 Å². The van der Waals surface area contributed by atoms with Crippen molar-refractivity contribution in [2.45, 2.75) is 66.2 Å². The van der Waals surface area contributed by atoms with Gasteiger partial charge >= 0.3 is 10.1 Å². The molecule has 6 heteroatoms. The van der Waals surface area contributed by atoms with Crippen LogP contribution in [0.25, 0.3) is 0 Å². The minimum atomic E-state index is -3.39. The molecule has 0 heterocycles. The van der Waals surface area contributed by atoms with Crippen molar-refractivity contribution in [1.29, 1.82) is 0 Å². The fourth-order valence-electron chi connectivity index (χ4n) is 2.09. The molecular weight excluding hydrogens is 308 g/mol. The summed E-state index contributed by atoms with van der Waals surface area (Å²) in [4.78, 5) is 12.1. The molecule has 0 aliphatic heterocycles. The third kappa shape index (κ3) is 8.83. The maximum atomic E-state index is 12.1. The largest absolute Gasteiger partial charge is 0.390 e. The van der Waals surface area contributed by atoms with Crippen molar-refractivity contribution in [1.82, 2.24) is 0 Å². The highest BCUT2D eigenvalue weighted by Crippen LogP contribution is 2.47. The minimum Gasteiger partial charge on any atom is -0.299 e. The van der Waals surface area contributed by atoms with Crippen molar-refractivity contribution in [3.05, 3.63) is 0 Å². The van der Waals surface area contributed by atoms with Crippen molar-refractivity contribution < 1.29 is 16.8 Å². The van der Waals surface area contributed by atoms with Crippen molar-refractivity contribution >= 4 is 26.2 Å². The van der Waals surface area contributed by atoms with Crippen LogP contribution in [-0.4, -0.2) is 40.8 Å². The SMILES string of the molecule is CCCCCC(=O)CS(CC)(CC)[OH+]S(=O)(=O)CCCC. The molecule has 0 bridgehead atoms. The predicted molar refractivity (Wildman–Crippen MR) is 94.0 cm³/mol. The number of hydrogen-bond acceptors (Lipinski definition) is 3. The van der Waals surface area contributed by atoms with Crippen LogP contribution in [0.1, 0.15) is 66.2 Å². The first-order chi connectivity index (χ1) is 9.84. The van der Waals surface area contributed by atoms with E-state index in [9.17, 15) is 13.2 Å². The minimum absolute atomic E-state index is 0.113. The third-order valence-corrected chi connectivity index (χ3v) is 9.58. The molecular formula is C15H33O4S2+. The Labute approximate surface area is 132 Å². The lowest BCUT2D eigenvalue weighted by molar-refractivity contribution is -0.116. The van der Waals surface area contributed by atoms with Gasteiger partial charge in [-0.05, 0) is 23.2 Å². The zero-order valence-electron chi connectivity index (χ0n) is 14.1. The van der Waals surface area contributed by atoms with E-state index in [1.165, 1.54) is 0 Å². The molecule has 0 radical (unpaired) electrons. The molecule has 0 aromatic heterocycles. The molecule has 0 atom stereocenters. The molecule has 0 aliphatic carbocycles. The summed E-state index contributed by atoms with van der Waals surface area (Å²) in [6, 6.07) is 0. The monoisotopic (exact) mass is 341 g/mol. The van der Waals surface area contributed by atoms with E-state index in [1.54, 1.807) is 0 Å². The first-order valence-electron chi connectivity index (χ1n) is 8.09. The molecule has 1 N–H and O–H groups in total. The van der Waals surface area contributed by atoms with Gasteiger partial charge in [0.05, 0.1) is 5.75 Å². The molecule has 0 saturated heterocycles. The van der Waals surface area contributed by atoms with Gasteiger partial charge < -0.3 is 0 Å². The van der Waals surface area contributed by atoms with Crippen LogP contribution in [0.15, 0.2) is 0 Å². The lowest BCUT2D eigenvalue weighted by Gasteiger charge is -2.31.